The Kier molecular flexibility index (Phi) is 5.35. The van der Waals surface area contributed by atoms with Crippen molar-refractivity contribution in [3.05, 3.63) is 54.1 Å². The van der Waals surface area contributed by atoms with Gasteiger partial charge < -0.3 is 10.1 Å². The number of benzene rings is 2. The number of carbonyl (C=O) groups excluding carboxylic acids is 2. The molecule has 1 aliphatic rings. The Hall–Kier alpha value is -2.80. The number of para-hydroxylation sites is 1. The number of hydrogen-bond donors (Lipinski definition) is 2. The quantitative estimate of drug-likeness (QED) is 0.638. The predicted octanol–water partition coefficient (Wildman–Crippen LogP) is 2.65. The smallest absolute Gasteiger partial charge is 0.241 e. The van der Waals surface area contributed by atoms with Crippen LogP contribution in [0.4, 0.5) is 5.69 Å². The minimum absolute atomic E-state index is 0.0603. The standard InChI is InChI=1S/C18H17N3O3S/c1-24-13-8-6-12(7-9-13)11-19-21-17(22)10-16-18(23)20-14-4-2-3-5-15(14)25-16/h2-9,11,16H,10H2,1H3,(H,20,23)(H,21,22)/b19-11-/t16-/m0/s1. The molecule has 0 saturated carbocycles. The van der Waals surface area contributed by atoms with Crippen molar-refractivity contribution in [1.29, 1.82) is 0 Å². The van der Waals surface area contributed by atoms with Crippen molar-refractivity contribution in [2.75, 3.05) is 12.4 Å². The van der Waals surface area contributed by atoms with E-state index in [9.17, 15) is 9.59 Å². The SMILES string of the molecule is COc1ccc(/C=N\NC(=O)C[C@@H]2Sc3ccccc3NC2=O)cc1. The van der Waals surface area contributed by atoms with Gasteiger partial charge in [-0.15, -0.1) is 11.8 Å². The maximum atomic E-state index is 12.1. The van der Waals surface area contributed by atoms with Crippen LogP contribution < -0.4 is 15.5 Å². The largest absolute Gasteiger partial charge is 0.497 e. The van der Waals surface area contributed by atoms with Gasteiger partial charge in [0.1, 0.15) is 5.75 Å². The van der Waals surface area contributed by atoms with Gasteiger partial charge in [-0.1, -0.05) is 12.1 Å². The van der Waals surface area contributed by atoms with Crippen LogP contribution in [0.15, 0.2) is 58.5 Å². The molecule has 0 aromatic heterocycles. The summed E-state index contributed by atoms with van der Waals surface area (Å²) in [5.41, 5.74) is 4.07. The van der Waals surface area contributed by atoms with Gasteiger partial charge in [0.2, 0.25) is 11.8 Å². The number of rotatable bonds is 5. The molecular weight excluding hydrogens is 338 g/mol. The lowest BCUT2D eigenvalue weighted by Crippen LogP contribution is -2.33. The third-order valence-electron chi connectivity index (χ3n) is 3.60. The lowest BCUT2D eigenvalue weighted by atomic mass is 10.2. The van der Waals surface area contributed by atoms with Crippen molar-refractivity contribution in [2.24, 2.45) is 5.10 Å². The monoisotopic (exact) mass is 355 g/mol. The van der Waals surface area contributed by atoms with E-state index in [1.807, 2.05) is 48.5 Å². The first kappa shape index (κ1) is 17.0. The molecule has 0 bridgehead atoms. The van der Waals surface area contributed by atoms with Gasteiger partial charge in [-0.2, -0.15) is 5.10 Å². The molecule has 1 aliphatic heterocycles. The van der Waals surface area contributed by atoms with E-state index in [-0.39, 0.29) is 18.2 Å². The van der Waals surface area contributed by atoms with E-state index >= 15 is 0 Å². The Morgan fingerprint density at radius 2 is 2.04 bits per heavy atom. The molecule has 1 atom stereocenters. The van der Waals surface area contributed by atoms with E-state index in [2.05, 4.69) is 15.8 Å². The second kappa shape index (κ2) is 7.85. The number of anilines is 1. The molecule has 0 saturated heterocycles. The number of hydrogen-bond acceptors (Lipinski definition) is 5. The highest BCUT2D eigenvalue weighted by molar-refractivity contribution is 8.01. The van der Waals surface area contributed by atoms with Gasteiger partial charge in [0.05, 0.1) is 24.3 Å². The summed E-state index contributed by atoms with van der Waals surface area (Å²) >= 11 is 1.39. The van der Waals surface area contributed by atoms with E-state index in [0.717, 1.165) is 21.9 Å². The van der Waals surface area contributed by atoms with E-state index in [0.29, 0.717) is 0 Å². The van der Waals surface area contributed by atoms with E-state index < -0.39 is 5.25 Å². The van der Waals surface area contributed by atoms with Crippen LogP contribution in [0.5, 0.6) is 5.75 Å². The molecule has 1 heterocycles. The van der Waals surface area contributed by atoms with Gasteiger partial charge in [-0.25, -0.2) is 5.43 Å². The molecule has 0 fully saturated rings. The van der Waals surface area contributed by atoms with Gasteiger partial charge in [0, 0.05) is 11.3 Å². The lowest BCUT2D eigenvalue weighted by molar-refractivity contribution is -0.124. The Balaban J connectivity index is 1.54. The first-order valence-corrected chi connectivity index (χ1v) is 8.56. The average molecular weight is 355 g/mol. The molecule has 25 heavy (non-hydrogen) atoms. The highest BCUT2D eigenvalue weighted by Crippen LogP contribution is 2.36. The molecule has 6 nitrogen and oxygen atoms in total. The topological polar surface area (TPSA) is 79.8 Å². The molecule has 0 unspecified atom stereocenters. The summed E-state index contributed by atoms with van der Waals surface area (Å²) in [6.45, 7) is 0. The maximum absolute atomic E-state index is 12.1. The highest BCUT2D eigenvalue weighted by Gasteiger charge is 2.28. The summed E-state index contributed by atoms with van der Waals surface area (Å²) in [4.78, 5) is 25.1. The Bertz CT molecular complexity index is 805. The van der Waals surface area contributed by atoms with Crippen molar-refractivity contribution in [3.63, 3.8) is 0 Å². The van der Waals surface area contributed by atoms with Crippen LogP contribution in [-0.4, -0.2) is 30.4 Å². The number of thioether (sulfide) groups is 1. The van der Waals surface area contributed by atoms with Gasteiger partial charge >= 0.3 is 0 Å². The number of carbonyl (C=O) groups is 2. The number of nitrogens with zero attached hydrogens (tertiary/aromatic N) is 1. The van der Waals surface area contributed by atoms with Crippen LogP contribution in [0.1, 0.15) is 12.0 Å². The van der Waals surface area contributed by atoms with Crippen LogP contribution >= 0.6 is 11.8 Å². The second-order valence-electron chi connectivity index (χ2n) is 5.36. The molecule has 7 heteroatoms. The molecule has 2 aromatic carbocycles. The molecule has 3 rings (SSSR count). The van der Waals surface area contributed by atoms with E-state index in [1.165, 1.54) is 11.8 Å². The fraction of sp³-hybridized carbons (Fsp3) is 0.167. The molecule has 0 aliphatic carbocycles. The minimum Gasteiger partial charge on any atom is -0.497 e. The third kappa shape index (κ3) is 4.39. The Morgan fingerprint density at radius 3 is 2.80 bits per heavy atom. The summed E-state index contributed by atoms with van der Waals surface area (Å²) in [5.74, 6) is 0.275. The van der Waals surface area contributed by atoms with Crippen molar-refractivity contribution < 1.29 is 14.3 Å². The number of amides is 2. The van der Waals surface area contributed by atoms with E-state index in [1.54, 1.807) is 13.3 Å². The van der Waals surface area contributed by atoms with Crippen LogP contribution in [0, 0.1) is 0 Å². The summed E-state index contributed by atoms with van der Waals surface area (Å²) in [7, 11) is 1.60. The number of fused-ring (bicyclic) bond motifs is 1. The second-order valence-corrected chi connectivity index (χ2v) is 6.61. The fourth-order valence-electron chi connectivity index (χ4n) is 2.31. The summed E-state index contributed by atoms with van der Waals surface area (Å²) in [6, 6.07) is 14.8. The number of hydrazone groups is 1. The molecule has 0 radical (unpaired) electrons. The van der Waals surface area contributed by atoms with Crippen molar-refractivity contribution >= 4 is 35.5 Å². The molecule has 2 aromatic rings. The number of nitrogens with one attached hydrogen (secondary N) is 2. The number of ether oxygens (including phenoxy) is 1. The van der Waals surface area contributed by atoms with Gasteiger partial charge in [-0.05, 0) is 42.0 Å². The summed E-state index contributed by atoms with van der Waals surface area (Å²) in [6.07, 6.45) is 1.60. The molecule has 2 amide bonds. The van der Waals surface area contributed by atoms with Crippen molar-refractivity contribution in [1.82, 2.24) is 5.43 Å². The minimum atomic E-state index is -0.467. The van der Waals surface area contributed by atoms with Crippen LogP contribution in [-0.2, 0) is 9.59 Å². The van der Waals surface area contributed by atoms with Crippen LogP contribution in [0.2, 0.25) is 0 Å². The zero-order chi connectivity index (χ0) is 17.6. The summed E-state index contributed by atoms with van der Waals surface area (Å²) < 4.78 is 5.08. The summed E-state index contributed by atoms with van der Waals surface area (Å²) in [5, 5.41) is 6.28. The van der Waals surface area contributed by atoms with Crippen LogP contribution in [0.25, 0.3) is 0 Å². The molecular formula is C18H17N3O3S. The van der Waals surface area contributed by atoms with E-state index in [4.69, 9.17) is 4.74 Å². The van der Waals surface area contributed by atoms with Crippen molar-refractivity contribution in [2.45, 2.75) is 16.6 Å². The lowest BCUT2D eigenvalue weighted by Gasteiger charge is -2.23. The number of methoxy groups -OCH3 is 1. The zero-order valence-corrected chi connectivity index (χ0v) is 14.4. The molecule has 0 spiro atoms. The van der Waals surface area contributed by atoms with Gasteiger partial charge in [0.25, 0.3) is 0 Å². The fourth-order valence-corrected chi connectivity index (χ4v) is 3.42. The maximum Gasteiger partial charge on any atom is 0.241 e. The van der Waals surface area contributed by atoms with Crippen molar-refractivity contribution in [3.8, 4) is 5.75 Å². The van der Waals surface area contributed by atoms with Crippen LogP contribution in [0.3, 0.4) is 0 Å². The van der Waals surface area contributed by atoms with Gasteiger partial charge in [-0.3, -0.25) is 9.59 Å². The Morgan fingerprint density at radius 1 is 1.28 bits per heavy atom. The third-order valence-corrected chi connectivity index (χ3v) is 4.87. The predicted molar refractivity (Wildman–Crippen MR) is 98.1 cm³/mol. The Labute approximate surface area is 149 Å². The first-order valence-electron chi connectivity index (χ1n) is 7.68. The molecule has 2 N–H and O–H groups in total. The average Bonchev–Trinajstić information content (AvgIpc) is 2.63. The van der Waals surface area contributed by atoms with Gasteiger partial charge in [0.15, 0.2) is 0 Å². The highest BCUT2D eigenvalue weighted by atomic mass is 32.2. The zero-order valence-electron chi connectivity index (χ0n) is 13.6. The molecule has 128 valence electrons. The first-order chi connectivity index (χ1) is 12.2. The normalized spacial score (nSPS) is 16.2.